The van der Waals surface area contributed by atoms with Crippen LogP contribution < -0.4 is 0 Å². The number of aliphatic hydroxyl groups excluding tert-OH is 1. The summed E-state index contributed by atoms with van der Waals surface area (Å²) in [5, 5.41) is 8.91. The SMILES string of the molecule is CN(CC(=O)N1CCC(CCO)C1)C(=O)c1ccco1. The van der Waals surface area contributed by atoms with Crippen LogP contribution in [0.3, 0.4) is 0 Å². The third-order valence-electron chi connectivity index (χ3n) is 3.63. The molecule has 1 fully saturated rings. The van der Waals surface area contributed by atoms with Crippen LogP contribution in [0.2, 0.25) is 0 Å². The number of amides is 2. The molecule has 0 spiro atoms. The minimum absolute atomic E-state index is 0.0470. The molecule has 2 heterocycles. The highest BCUT2D eigenvalue weighted by atomic mass is 16.3. The summed E-state index contributed by atoms with van der Waals surface area (Å²) < 4.78 is 5.03. The van der Waals surface area contributed by atoms with E-state index in [-0.39, 0.29) is 30.7 Å². The van der Waals surface area contributed by atoms with Gasteiger partial charge in [-0.2, -0.15) is 0 Å². The number of carbonyl (C=O) groups excluding carboxylic acids is 2. The number of hydrogen-bond donors (Lipinski definition) is 1. The van der Waals surface area contributed by atoms with Crippen molar-refractivity contribution in [2.75, 3.05) is 33.3 Å². The summed E-state index contributed by atoms with van der Waals surface area (Å²) in [6.45, 7) is 1.57. The van der Waals surface area contributed by atoms with Crippen LogP contribution in [0.15, 0.2) is 22.8 Å². The van der Waals surface area contributed by atoms with E-state index < -0.39 is 0 Å². The smallest absolute Gasteiger partial charge is 0.289 e. The fourth-order valence-electron chi connectivity index (χ4n) is 2.44. The monoisotopic (exact) mass is 280 g/mol. The summed E-state index contributed by atoms with van der Waals surface area (Å²) >= 11 is 0. The molecule has 0 saturated carbocycles. The number of hydrogen-bond acceptors (Lipinski definition) is 4. The number of nitrogens with zero attached hydrogens (tertiary/aromatic N) is 2. The molecular weight excluding hydrogens is 260 g/mol. The van der Waals surface area contributed by atoms with Crippen molar-refractivity contribution >= 4 is 11.8 Å². The molecule has 2 amide bonds. The second-order valence-electron chi connectivity index (χ2n) is 5.15. The highest BCUT2D eigenvalue weighted by Gasteiger charge is 2.27. The van der Waals surface area contributed by atoms with E-state index in [1.807, 2.05) is 0 Å². The normalized spacial score (nSPS) is 18.3. The van der Waals surface area contributed by atoms with Gasteiger partial charge in [-0.3, -0.25) is 9.59 Å². The van der Waals surface area contributed by atoms with Crippen LogP contribution in [-0.2, 0) is 4.79 Å². The van der Waals surface area contributed by atoms with Gasteiger partial charge in [0, 0.05) is 26.7 Å². The van der Waals surface area contributed by atoms with Gasteiger partial charge in [-0.25, -0.2) is 0 Å². The van der Waals surface area contributed by atoms with Gasteiger partial charge in [-0.05, 0) is 30.9 Å². The van der Waals surface area contributed by atoms with Gasteiger partial charge >= 0.3 is 0 Å². The Bertz CT molecular complexity index is 458. The standard InChI is InChI=1S/C14H20N2O4/c1-15(14(19)12-3-2-8-20-12)10-13(18)16-6-4-11(9-16)5-7-17/h2-3,8,11,17H,4-7,9-10H2,1H3. The Kier molecular flexibility index (Phi) is 4.79. The van der Waals surface area contributed by atoms with Gasteiger partial charge in [0.15, 0.2) is 5.76 Å². The number of rotatable bonds is 5. The van der Waals surface area contributed by atoms with E-state index in [0.29, 0.717) is 19.0 Å². The lowest BCUT2D eigenvalue weighted by Crippen LogP contribution is -2.40. The van der Waals surface area contributed by atoms with Crippen molar-refractivity contribution in [3.63, 3.8) is 0 Å². The van der Waals surface area contributed by atoms with E-state index in [9.17, 15) is 9.59 Å². The first kappa shape index (κ1) is 14.6. The molecule has 1 saturated heterocycles. The number of furan rings is 1. The Balaban J connectivity index is 1.84. The molecule has 6 nitrogen and oxygen atoms in total. The van der Waals surface area contributed by atoms with Crippen LogP contribution in [-0.4, -0.2) is 60.0 Å². The van der Waals surface area contributed by atoms with Crippen molar-refractivity contribution in [2.24, 2.45) is 5.92 Å². The van der Waals surface area contributed by atoms with Crippen LogP contribution in [0, 0.1) is 5.92 Å². The minimum Gasteiger partial charge on any atom is -0.459 e. The van der Waals surface area contributed by atoms with E-state index in [4.69, 9.17) is 9.52 Å². The Morgan fingerprint density at radius 3 is 3.00 bits per heavy atom. The Morgan fingerprint density at radius 1 is 1.55 bits per heavy atom. The van der Waals surface area contributed by atoms with Crippen molar-refractivity contribution in [1.29, 1.82) is 0 Å². The zero-order valence-corrected chi connectivity index (χ0v) is 11.6. The summed E-state index contributed by atoms with van der Waals surface area (Å²) in [5.41, 5.74) is 0. The molecule has 20 heavy (non-hydrogen) atoms. The maximum atomic E-state index is 12.1. The van der Waals surface area contributed by atoms with Crippen molar-refractivity contribution in [2.45, 2.75) is 12.8 Å². The molecule has 0 radical (unpaired) electrons. The van der Waals surface area contributed by atoms with E-state index >= 15 is 0 Å². The van der Waals surface area contributed by atoms with Crippen LogP contribution in [0.4, 0.5) is 0 Å². The van der Waals surface area contributed by atoms with E-state index in [1.165, 1.54) is 11.2 Å². The van der Waals surface area contributed by atoms with Crippen molar-refractivity contribution in [1.82, 2.24) is 9.80 Å². The first-order valence-corrected chi connectivity index (χ1v) is 6.79. The molecule has 2 rings (SSSR count). The minimum atomic E-state index is -0.297. The zero-order chi connectivity index (χ0) is 14.5. The van der Waals surface area contributed by atoms with Gasteiger partial charge in [0.2, 0.25) is 5.91 Å². The molecular formula is C14H20N2O4. The molecule has 1 atom stereocenters. The first-order chi connectivity index (χ1) is 9.61. The van der Waals surface area contributed by atoms with Gasteiger partial charge in [-0.1, -0.05) is 0 Å². The first-order valence-electron chi connectivity index (χ1n) is 6.79. The lowest BCUT2D eigenvalue weighted by Gasteiger charge is -2.21. The van der Waals surface area contributed by atoms with Crippen LogP contribution >= 0.6 is 0 Å². The van der Waals surface area contributed by atoms with Gasteiger partial charge < -0.3 is 19.3 Å². The third-order valence-corrected chi connectivity index (χ3v) is 3.63. The highest BCUT2D eigenvalue weighted by molar-refractivity contribution is 5.94. The second-order valence-corrected chi connectivity index (χ2v) is 5.15. The van der Waals surface area contributed by atoms with Crippen LogP contribution in [0.1, 0.15) is 23.4 Å². The van der Waals surface area contributed by atoms with E-state index in [1.54, 1.807) is 24.1 Å². The van der Waals surface area contributed by atoms with Gasteiger partial charge in [0.25, 0.3) is 5.91 Å². The van der Waals surface area contributed by atoms with Gasteiger partial charge in [0.05, 0.1) is 12.8 Å². The number of likely N-dealkylation sites (tertiary alicyclic amines) is 1. The maximum Gasteiger partial charge on any atom is 0.289 e. The lowest BCUT2D eigenvalue weighted by atomic mass is 10.1. The van der Waals surface area contributed by atoms with Crippen LogP contribution in [0.5, 0.6) is 0 Å². The fourth-order valence-corrected chi connectivity index (χ4v) is 2.44. The van der Waals surface area contributed by atoms with E-state index in [0.717, 1.165) is 12.8 Å². The fraction of sp³-hybridized carbons (Fsp3) is 0.571. The molecule has 1 unspecified atom stereocenters. The molecule has 1 aromatic heterocycles. The lowest BCUT2D eigenvalue weighted by molar-refractivity contribution is -0.130. The Hall–Kier alpha value is -1.82. The molecule has 6 heteroatoms. The quantitative estimate of drug-likeness (QED) is 0.856. The average molecular weight is 280 g/mol. The summed E-state index contributed by atoms with van der Waals surface area (Å²) in [6, 6.07) is 3.22. The van der Waals surface area contributed by atoms with Gasteiger partial charge in [0.1, 0.15) is 0 Å². The molecule has 1 aliphatic rings. The second kappa shape index (κ2) is 6.56. The zero-order valence-electron chi connectivity index (χ0n) is 11.6. The predicted molar refractivity (Wildman–Crippen MR) is 72.1 cm³/mol. The molecule has 1 aliphatic heterocycles. The van der Waals surface area contributed by atoms with Crippen molar-refractivity contribution in [3.05, 3.63) is 24.2 Å². The summed E-state index contributed by atoms with van der Waals surface area (Å²) in [6.07, 6.45) is 3.08. The molecule has 110 valence electrons. The number of aliphatic hydroxyl groups is 1. The van der Waals surface area contributed by atoms with E-state index in [2.05, 4.69) is 0 Å². The average Bonchev–Trinajstić information content (AvgIpc) is 3.09. The molecule has 0 aromatic carbocycles. The maximum absolute atomic E-state index is 12.1. The Morgan fingerprint density at radius 2 is 2.35 bits per heavy atom. The topological polar surface area (TPSA) is 74.0 Å². The Labute approximate surface area is 118 Å². The van der Waals surface area contributed by atoms with Crippen molar-refractivity contribution < 1.29 is 19.1 Å². The predicted octanol–water partition coefficient (Wildman–Crippen LogP) is 0.582. The number of carbonyl (C=O) groups is 2. The molecule has 1 aromatic rings. The molecule has 0 aliphatic carbocycles. The highest BCUT2D eigenvalue weighted by Crippen LogP contribution is 2.19. The molecule has 0 bridgehead atoms. The summed E-state index contributed by atoms with van der Waals surface area (Å²) in [7, 11) is 1.59. The number of likely N-dealkylation sites (N-methyl/N-ethyl adjacent to an activating group) is 1. The third kappa shape index (κ3) is 3.39. The summed E-state index contributed by atoms with van der Waals surface area (Å²) in [5.74, 6) is 0.247. The van der Waals surface area contributed by atoms with Crippen LogP contribution in [0.25, 0.3) is 0 Å². The summed E-state index contributed by atoms with van der Waals surface area (Å²) in [4.78, 5) is 27.2. The largest absolute Gasteiger partial charge is 0.459 e. The van der Waals surface area contributed by atoms with Crippen molar-refractivity contribution in [3.8, 4) is 0 Å². The molecule has 1 N–H and O–H groups in total. The van der Waals surface area contributed by atoms with Gasteiger partial charge in [-0.15, -0.1) is 0 Å².